The number of rotatable bonds is 2. The highest BCUT2D eigenvalue weighted by Crippen LogP contribution is 2.27. The van der Waals surface area contributed by atoms with E-state index in [9.17, 15) is 9.90 Å². The van der Waals surface area contributed by atoms with Crippen LogP contribution in [0.3, 0.4) is 0 Å². The molecule has 20 heavy (non-hydrogen) atoms. The monoisotopic (exact) mass is 264 g/mol. The number of aromatic hydroxyl groups is 1. The second-order valence-electron chi connectivity index (χ2n) is 4.36. The molecular weight excluding hydrogens is 252 g/mol. The minimum atomic E-state index is -0.360. The molecule has 0 atom stereocenters. The van der Waals surface area contributed by atoms with E-state index in [0.29, 0.717) is 11.2 Å². The highest BCUT2D eigenvalue weighted by molar-refractivity contribution is 6.09. The molecule has 0 saturated carbocycles. The van der Waals surface area contributed by atoms with Crippen LogP contribution in [0, 0.1) is 0 Å². The molecule has 1 aromatic heterocycles. The van der Waals surface area contributed by atoms with Gasteiger partial charge in [0.2, 0.25) is 0 Å². The Balaban J connectivity index is 1.98. The van der Waals surface area contributed by atoms with Crippen molar-refractivity contribution < 1.29 is 9.90 Å². The highest BCUT2D eigenvalue weighted by Gasteiger charge is 2.14. The predicted octanol–water partition coefficient (Wildman–Crippen LogP) is 3.19. The van der Waals surface area contributed by atoms with Crippen LogP contribution >= 0.6 is 0 Å². The van der Waals surface area contributed by atoms with Gasteiger partial charge in [0.05, 0.1) is 5.56 Å². The molecule has 3 rings (SSSR count). The van der Waals surface area contributed by atoms with Gasteiger partial charge in [0.25, 0.3) is 5.91 Å². The fourth-order valence-electron chi connectivity index (χ4n) is 2.03. The van der Waals surface area contributed by atoms with Crippen LogP contribution in [0.2, 0.25) is 0 Å². The van der Waals surface area contributed by atoms with Crippen molar-refractivity contribution in [3.63, 3.8) is 0 Å². The summed E-state index contributed by atoms with van der Waals surface area (Å²) in [5.41, 5.74) is 1.31. The van der Waals surface area contributed by atoms with E-state index >= 15 is 0 Å². The first kappa shape index (κ1) is 12.2. The zero-order valence-electron chi connectivity index (χ0n) is 10.6. The van der Waals surface area contributed by atoms with Crippen molar-refractivity contribution in [2.24, 2.45) is 0 Å². The van der Waals surface area contributed by atoms with Crippen LogP contribution in [-0.4, -0.2) is 16.0 Å². The van der Waals surface area contributed by atoms with Gasteiger partial charge in [-0.05, 0) is 24.3 Å². The molecule has 2 aromatic carbocycles. The standard InChI is InChI=1S/C16H12N2O2/c19-15-13(9-8-11-5-4-10-17-14(11)15)16(20)18-12-6-2-1-3-7-12/h1-10,19H,(H,18,20). The lowest BCUT2D eigenvalue weighted by atomic mass is 10.1. The second-order valence-corrected chi connectivity index (χ2v) is 4.36. The van der Waals surface area contributed by atoms with Crippen molar-refractivity contribution in [1.82, 2.24) is 4.98 Å². The van der Waals surface area contributed by atoms with E-state index < -0.39 is 0 Å². The molecule has 0 aliphatic rings. The van der Waals surface area contributed by atoms with Gasteiger partial charge in [-0.2, -0.15) is 0 Å². The van der Waals surface area contributed by atoms with E-state index in [4.69, 9.17) is 0 Å². The molecule has 98 valence electrons. The summed E-state index contributed by atoms with van der Waals surface area (Å²) in [6.07, 6.45) is 1.58. The first-order valence-corrected chi connectivity index (χ1v) is 6.19. The van der Waals surface area contributed by atoms with Crippen LogP contribution < -0.4 is 5.32 Å². The molecule has 0 spiro atoms. The van der Waals surface area contributed by atoms with Gasteiger partial charge >= 0.3 is 0 Å². The van der Waals surface area contributed by atoms with Crippen molar-refractivity contribution in [2.45, 2.75) is 0 Å². The number of phenols is 1. The minimum Gasteiger partial charge on any atom is -0.505 e. The van der Waals surface area contributed by atoms with Crippen molar-refractivity contribution in [3.8, 4) is 5.75 Å². The van der Waals surface area contributed by atoms with E-state index in [1.807, 2.05) is 24.3 Å². The molecule has 2 N–H and O–H groups in total. The zero-order valence-corrected chi connectivity index (χ0v) is 10.6. The molecule has 0 unspecified atom stereocenters. The number of pyridine rings is 1. The van der Waals surface area contributed by atoms with Gasteiger partial charge in [0, 0.05) is 17.3 Å². The fraction of sp³-hybridized carbons (Fsp3) is 0. The summed E-state index contributed by atoms with van der Waals surface area (Å²) in [6.45, 7) is 0. The van der Waals surface area contributed by atoms with Crippen LogP contribution in [-0.2, 0) is 0 Å². The molecule has 0 radical (unpaired) electrons. The van der Waals surface area contributed by atoms with Gasteiger partial charge < -0.3 is 10.4 Å². The van der Waals surface area contributed by atoms with E-state index in [-0.39, 0.29) is 17.2 Å². The minimum absolute atomic E-state index is 0.100. The van der Waals surface area contributed by atoms with Crippen LogP contribution in [0.25, 0.3) is 10.9 Å². The number of para-hydroxylation sites is 1. The molecule has 0 fully saturated rings. The number of amides is 1. The van der Waals surface area contributed by atoms with Crippen molar-refractivity contribution in [2.75, 3.05) is 5.32 Å². The molecular formula is C16H12N2O2. The predicted molar refractivity (Wildman–Crippen MR) is 77.8 cm³/mol. The van der Waals surface area contributed by atoms with Crippen molar-refractivity contribution in [3.05, 3.63) is 66.4 Å². The molecule has 0 bridgehead atoms. The maximum atomic E-state index is 12.2. The lowest BCUT2D eigenvalue weighted by Crippen LogP contribution is -2.12. The van der Waals surface area contributed by atoms with Gasteiger partial charge in [-0.1, -0.05) is 30.3 Å². The van der Waals surface area contributed by atoms with Crippen LogP contribution in [0.1, 0.15) is 10.4 Å². The average Bonchev–Trinajstić information content (AvgIpc) is 2.49. The molecule has 3 aromatic rings. The summed E-state index contributed by atoms with van der Waals surface area (Å²) in [6, 6.07) is 16.1. The Hall–Kier alpha value is -2.88. The zero-order chi connectivity index (χ0) is 13.9. The quantitative estimate of drug-likeness (QED) is 0.747. The molecule has 0 saturated heterocycles. The number of anilines is 1. The van der Waals surface area contributed by atoms with Gasteiger partial charge in [0.1, 0.15) is 5.52 Å². The number of nitrogens with one attached hydrogen (secondary N) is 1. The number of phenolic OH excluding ortho intramolecular Hbond substituents is 1. The van der Waals surface area contributed by atoms with Gasteiger partial charge in [0.15, 0.2) is 5.75 Å². The van der Waals surface area contributed by atoms with Gasteiger partial charge in [-0.3, -0.25) is 9.78 Å². The number of benzene rings is 2. The van der Waals surface area contributed by atoms with E-state index in [2.05, 4.69) is 10.3 Å². The molecule has 0 aliphatic heterocycles. The third kappa shape index (κ3) is 2.19. The summed E-state index contributed by atoms with van der Waals surface area (Å²) in [7, 11) is 0. The smallest absolute Gasteiger partial charge is 0.259 e. The second kappa shape index (κ2) is 5.01. The normalized spacial score (nSPS) is 10.4. The Morgan fingerprint density at radius 2 is 1.80 bits per heavy atom. The summed E-state index contributed by atoms with van der Waals surface area (Å²) < 4.78 is 0. The summed E-state index contributed by atoms with van der Waals surface area (Å²) in [5.74, 6) is -0.460. The largest absolute Gasteiger partial charge is 0.505 e. The van der Waals surface area contributed by atoms with Gasteiger partial charge in [-0.25, -0.2) is 0 Å². The molecule has 1 amide bonds. The van der Waals surface area contributed by atoms with Crippen molar-refractivity contribution in [1.29, 1.82) is 0 Å². The SMILES string of the molecule is O=C(Nc1ccccc1)c1ccc2cccnc2c1O. The molecule has 0 aliphatic carbocycles. The van der Waals surface area contributed by atoms with E-state index in [0.717, 1.165) is 5.39 Å². The van der Waals surface area contributed by atoms with E-state index in [1.54, 1.807) is 36.5 Å². The Morgan fingerprint density at radius 1 is 1.00 bits per heavy atom. The van der Waals surface area contributed by atoms with Crippen LogP contribution in [0.15, 0.2) is 60.8 Å². The Kier molecular flexibility index (Phi) is 3.05. The number of aromatic nitrogens is 1. The lowest BCUT2D eigenvalue weighted by Gasteiger charge is -2.08. The number of nitrogens with zero attached hydrogens (tertiary/aromatic N) is 1. The summed E-state index contributed by atoms with van der Waals surface area (Å²) in [5, 5.41) is 13.7. The van der Waals surface area contributed by atoms with Crippen molar-refractivity contribution >= 4 is 22.5 Å². The molecule has 4 heteroatoms. The third-order valence-corrected chi connectivity index (χ3v) is 3.02. The lowest BCUT2D eigenvalue weighted by molar-refractivity contribution is 0.102. The van der Waals surface area contributed by atoms with Crippen LogP contribution in [0.4, 0.5) is 5.69 Å². The highest BCUT2D eigenvalue weighted by atomic mass is 16.3. The fourth-order valence-corrected chi connectivity index (χ4v) is 2.03. The molecule has 1 heterocycles. The molecule has 4 nitrogen and oxygen atoms in total. The summed E-state index contributed by atoms with van der Waals surface area (Å²) in [4.78, 5) is 16.3. The number of fused-ring (bicyclic) bond motifs is 1. The van der Waals surface area contributed by atoms with E-state index in [1.165, 1.54) is 0 Å². The Labute approximate surface area is 115 Å². The maximum Gasteiger partial charge on any atom is 0.259 e. The maximum absolute atomic E-state index is 12.2. The Morgan fingerprint density at radius 3 is 2.60 bits per heavy atom. The average molecular weight is 264 g/mol. The van der Waals surface area contributed by atoms with Gasteiger partial charge in [-0.15, -0.1) is 0 Å². The number of carbonyl (C=O) groups excluding carboxylic acids is 1. The third-order valence-electron chi connectivity index (χ3n) is 3.02. The van der Waals surface area contributed by atoms with Crippen LogP contribution in [0.5, 0.6) is 5.75 Å². The number of hydrogen-bond donors (Lipinski definition) is 2. The number of hydrogen-bond acceptors (Lipinski definition) is 3. The Bertz CT molecular complexity index is 770. The first-order chi connectivity index (χ1) is 9.75. The summed E-state index contributed by atoms with van der Waals surface area (Å²) >= 11 is 0. The first-order valence-electron chi connectivity index (χ1n) is 6.19. The topological polar surface area (TPSA) is 62.2 Å². The number of carbonyl (C=O) groups is 1.